The molecule has 2 aliphatic rings. The van der Waals surface area contributed by atoms with Gasteiger partial charge in [0.05, 0.1) is 11.6 Å². The Balaban J connectivity index is 1.09. The fraction of sp³-hybridized carbons (Fsp3) is 0. The molecule has 0 aliphatic carbocycles. The lowest BCUT2D eigenvalue weighted by Gasteiger charge is -2.45. The highest BCUT2D eigenvalue weighted by atomic mass is 15.2. The van der Waals surface area contributed by atoms with E-state index in [1.54, 1.807) is 0 Å². The number of rotatable bonds is 10. The van der Waals surface area contributed by atoms with Gasteiger partial charge in [-0.25, -0.2) is 0 Å². The number of nitrogens with zero attached hydrogens (tertiary/aromatic N) is 3. The van der Waals surface area contributed by atoms with Gasteiger partial charge in [-0.05, 0) is 178 Å². The molecule has 0 saturated carbocycles. The van der Waals surface area contributed by atoms with Crippen molar-refractivity contribution in [2.24, 2.45) is 0 Å². The highest BCUT2D eigenvalue weighted by molar-refractivity contribution is 7.00. The lowest BCUT2D eigenvalue weighted by Crippen LogP contribution is -2.61. The monoisotopic (exact) mass is 1050 g/mol. The molecule has 0 bridgehead atoms. The quantitative estimate of drug-likeness (QED) is 0.128. The first-order chi connectivity index (χ1) is 41.1. The van der Waals surface area contributed by atoms with Crippen molar-refractivity contribution in [1.82, 2.24) is 0 Å². The molecule has 0 N–H and O–H groups in total. The van der Waals surface area contributed by atoms with Crippen LogP contribution in [0.3, 0.4) is 0 Å². The van der Waals surface area contributed by atoms with Gasteiger partial charge in [0.1, 0.15) is 0 Å². The topological polar surface area (TPSA) is 30.3 Å². The highest BCUT2D eigenvalue weighted by Crippen LogP contribution is 2.51. The number of hydrogen-bond acceptors (Lipinski definition) is 3. The van der Waals surface area contributed by atoms with Crippen LogP contribution in [-0.2, 0) is 0 Å². The van der Waals surface area contributed by atoms with Gasteiger partial charge in [-0.3, -0.25) is 0 Å². The molecule has 0 spiro atoms. The molecule has 0 fully saturated rings. The molecule has 0 unspecified atom stereocenters. The summed E-state index contributed by atoms with van der Waals surface area (Å²) < 4.78 is 0. The molecule has 0 radical (unpaired) electrons. The third-order valence-electron chi connectivity index (χ3n) is 16.6. The largest absolute Gasteiger partial charge is 0.311 e. The Labute approximate surface area is 485 Å². The molecule has 0 atom stereocenters. The molecule has 13 aromatic carbocycles. The first-order valence-corrected chi connectivity index (χ1v) is 28.4. The third-order valence-corrected chi connectivity index (χ3v) is 16.6. The van der Waals surface area contributed by atoms with Crippen LogP contribution in [0.5, 0.6) is 0 Å². The fourth-order valence-electron chi connectivity index (χ4n) is 12.8. The summed E-state index contributed by atoms with van der Waals surface area (Å²) in [7, 11) is 0. The van der Waals surface area contributed by atoms with Gasteiger partial charge >= 0.3 is 0 Å². The lowest BCUT2D eigenvalue weighted by atomic mass is 9.33. The first-order valence-electron chi connectivity index (χ1n) is 28.4. The van der Waals surface area contributed by atoms with E-state index < -0.39 is 0 Å². The van der Waals surface area contributed by atoms with Crippen molar-refractivity contribution in [2.75, 3.05) is 9.80 Å². The zero-order valence-electron chi connectivity index (χ0n) is 45.4. The van der Waals surface area contributed by atoms with E-state index >= 15 is 0 Å². The van der Waals surface area contributed by atoms with E-state index in [4.69, 9.17) is 0 Å². The minimum atomic E-state index is -0.180. The predicted molar refractivity (Wildman–Crippen MR) is 349 cm³/mol. The highest BCUT2D eigenvalue weighted by Gasteiger charge is 2.44. The SMILES string of the molecule is N#Cc1ccc(-c2ccc3c(c2)B2c4ccccc4N(c4cc(-c5ccccc5)cc(-c5ccccc5)c4)c4cc(-c5c(-c6ccccc6)cccc5-c5ccccc5)cc(c42)N3c2cc(-c3ccccc3)cc(-c3ccccc3)c2)cc1. The average Bonchev–Trinajstić information content (AvgIpc) is 3.74. The van der Waals surface area contributed by atoms with E-state index in [0.29, 0.717) is 5.56 Å². The van der Waals surface area contributed by atoms with Crippen molar-refractivity contribution >= 4 is 57.2 Å². The van der Waals surface area contributed by atoms with E-state index in [1.165, 1.54) is 16.4 Å². The summed E-state index contributed by atoms with van der Waals surface area (Å²) in [6.45, 7) is -0.180. The average molecular weight is 1050 g/mol. The molecular weight excluding hydrogens is 1000 g/mol. The normalized spacial score (nSPS) is 12.0. The minimum absolute atomic E-state index is 0.180. The second-order valence-corrected chi connectivity index (χ2v) is 21.5. The second kappa shape index (κ2) is 20.9. The zero-order valence-corrected chi connectivity index (χ0v) is 45.4. The molecule has 386 valence electrons. The van der Waals surface area contributed by atoms with E-state index in [9.17, 15) is 5.26 Å². The summed E-state index contributed by atoms with van der Waals surface area (Å²) >= 11 is 0. The standard InChI is InChI=1S/C79H52BN3/c81-53-54-38-40-59(41-39-54)62-42-43-75-73(50-62)80-72-36-19-20-37-74(72)82(68-46-63(55-22-7-1-8-23-55)44-64(47-68)56-24-9-2-10-25-56)76-51-67(78-70(60-30-15-5-16-31-60)34-21-35-71(78)61-32-17-6-18-33-61)52-77(79(76)80)83(75)69-48-65(57-26-11-3-12-27-57)45-66(49-69)58-28-13-4-14-29-58/h1-52H. The summed E-state index contributed by atoms with van der Waals surface area (Å²) in [5.74, 6) is 0. The van der Waals surface area contributed by atoms with E-state index in [2.05, 4.69) is 319 Å². The zero-order chi connectivity index (χ0) is 55.2. The molecule has 13 aromatic rings. The number of fused-ring (bicyclic) bond motifs is 4. The van der Waals surface area contributed by atoms with Crippen molar-refractivity contribution in [3.05, 3.63) is 321 Å². The number of anilines is 6. The van der Waals surface area contributed by atoms with Crippen LogP contribution >= 0.6 is 0 Å². The van der Waals surface area contributed by atoms with Crippen LogP contribution in [0.15, 0.2) is 315 Å². The number of para-hydroxylation sites is 1. The molecule has 83 heavy (non-hydrogen) atoms. The summed E-state index contributed by atoms with van der Waals surface area (Å²) in [5, 5.41) is 9.89. The van der Waals surface area contributed by atoms with Crippen molar-refractivity contribution in [3.8, 4) is 95.1 Å². The van der Waals surface area contributed by atoms with Crippen molar-refractivity contribution in [1.29, 1.82) is 5.26 Å². The Morgan fingerprint density at radius 2 is 0.627 bits per heavy atom. The molecule has 2 aliphatic heterocycles. The van der Waals surface area contributed by atoms with Gasteiger partial charge in [0.15, 0.2) is 0 Å². The van der Waals surface area contributed by atoms with Crippen molar-refractivity contribution < 1.29 is 0 Å². The Morgan fingerprint density at radius 3 is 1.06 bits per heavy atom. The van der Waals surface area contributed by atoms with Gasteiger partial charge in [-0.2, -0.15) is 5.26 Å². The number of benzene rings is 13. The Kier molecular flexibility index (Phi) is 12.4. The molecule has 4 heteroatoms. The minimum Gasteiger partial charge on any atom is -0.311 e. The van der Waals surface area contributed by atoms with Crippen LogP contribution in [0.25, 0.3) is 89.0 Å². The molecule has 3 nitrogen and oxygen atoms in total. The Bertz CT molecular complexity index is 4410. The molecule has 2 heterocycles. The van der Waals surface area contributed by atoms with Gasteiger partial charge in [-0.1, -0.05) is 243 Å². The van der Waals surface area contributed by atoms with Gasteiger partial charge < -0.3 is 9.80 Å². The van der Waals surface area contributed by atoms with E-state index in [1.807, 2.05) is 12.1 Å². The second-order valence-electron chi connectivity index (χ2n) is 21.5. The maximum absolute atomic E-state index is 9.89. The first kappa shape index (κ1) is 49.1. The van der Waals surface area contributed by atoms with Crippen LogP contribution in [0, 0.1) is 11.3 Å². The molecule has 15 rings (SSSR count). The van der Waals surface area contributed by atoms with Crippen molar-refractivity contribution in [3.63, 3.8) is 0 Å². The number of hydrogen-bond donors (Lipinski definition) is 0. The van der Waals surface area contributed by atoms with Crippen molar-refractivity contribution in [2.45, 2.75) is 0 Å². The van der Waals surface area contributed by atoms with Gasteiger partial charge in [0.2, 0.25) is 0 Å². The summed E-state index contributed by atoms with van der Waals surface area (Å²) in [6.07, 6.45) is 0. The lowest BCUT2D eigenvalue weighted by molar-refractivity contribution is 1.25. The fourth-order valence-corrected chi connectivity index (χ4v) is 12.8. The maximum Gasteiger partial charge on any atom is 0.252 e. The Morgan fingerprint density at radius 1 is 0.253 bits per heavy atom. The number of nitriles is 1. The van der Waals surface area contributed by atoms with Gasteiger partial charge in [0, 0.05) is 34.1 Å². The van der Waals surface area contributed by atoms with Crippen LogP contribution in [0.4, 0.5) is 34.1 Å². The Hall–Kier alpha value is -11.0. The predicted octanol–water partition coefficient (Wildman–Crippen LogP) is 19.0. The third kappa shape index (κ3) is 8.89. The van der Waals surface area contributed by atoms with Crippen LogP contribution < -0.4 is 26.2 Å². The van der Waals surface area contributed by atoms with Crippen LogP contribution in [0.1, 0.15) is 5.56 Å². The summed E-state index contributed by atoms with van der Waals surface area (Å²) in [5.41, 5.74) is 29.0. The van der Waals surface area contributed by atoms with E-state index in [-0.39, 0.29) is 6.71 Å². The summed E-state index contributed by atoms with van der Waals surface area (Å²) in [4.78, 5) is 5.12. The summed E-state index contributed by atoms with van der Waals surface area (Å²) in [6, 6.07) is 117. The molecule has 0 saturated heterocycles. The van der Waals surface area contributed by atoms with E-state index in [0.717, 1.165) is 123 Å². The van der Waals surface area contributed by atoms with Gasteiger partial charge in [-0.15, -0.1) is 0 Å². The molecule has 0 aromatic heterocycles. The van der Waals surface area contributed by atoms with Crippen LogP contribution in [-0.4, -0.2) is 6.71 Å². The molecule has 0 amide bonds. The maximum atomic E-state index is 9.89. The van der Waals surface area contributed by atoms with Gasteiger partial charge in [0.25, 0.3) is 6.71 Å². The smallest absolute Gasteiger partial charge is 0.252 e. The van der Waals surface area contributed by atoms with Crippen LogP contribution in [0.2, 0.25) is 0 Å². The molecular formula is C79H52BN3.